The van der Waals surface area contributed by atoms with Crippen LogP contribution < -0.4 is 0 Å². The Morgan fingerprint density at radius 2 is 1.93 bits per heavy atom. The van der Waals surface area contributed by atoms with Crippen molar-refractivity contribution < 1.29 is 0 Å². The van der Waals surface area contributed by atoms with Crippen LogP contribution in [0.3, 0.4) is 0 Å². The van der Waals surface area contributed by atoms with Gasteiger partial charge in [-0.1, -0.05) is 27.7 Å². The standard InChI is InChI=1S/C13H27N/c1-11-7-9-14(5)10-12(11)6-8-13(2,3)4/h11-12H,6-10H2,1-5H3. The van der Waals surface area contributed by atoms with Gasteiger partial charge in [-0.05, 0) is 50.1 Å². The van der Waals surface area contributed by atoms with Crippen molar-refractivity contribution in [1.82, 2.24) is 4.90 Å². The first kappa shape index (κ1) is 12.0. The molecule has 1 nitrogen and oxygen atoms in total. The van der Waals surface area contributed by atoms with Crippen molar-refractivity contribution in [2.45, 2.75) is 47.0 Å². The van der Waals surface area contributed by atoms with Crippen molar-refractivity contribution in [1.29, 1.82) is 0 Å². The van der Waals surface area contributed by atoms with Gasteiger partial charge in [-0.3, -0.25) is 0 Å². The molecule has 1 heterocycles. The van der Waals surface area contributed by atoms with E-state index in [0.29, 0.717) is 5.41 Å². The van der Waals surface area contributed by atoms with Crippen LogP contribution in [0.15, 0.2) is 0 Å². The lowest BCUT2D eigenvalue weighted by Crippen LogP contribution is -2.37. The van der Waals surface area contributed by atoms with Crippen LogP contribution in [0.2, 0.25) is 0 Å². The van der Waals surface area contributed by atoms with E-state index in [9.17, 15) is 0 Å². The molecule has 0 aromatic carbocycles. The lowest BCUT2D eigenvalue weighted by molar-refractivity contribution is 0.134. The first-order valence-electron chi connectivity index (χ1n) is 6.07. The molecule has 14 heavy (non-hydrogen) atoms. The maximum atomic E-state index is 2.49. The van der Waals surface area contributed by atoms with Gasteiger partial charge >= 0.3 is 0 Å². The summed E-state index contributed by atoms with van der Waals surface area (Å²) in [5.74, 6) is 1.88. The summed E-state index contributed by atoms with van der Waals surface area (Å²) >= 11 is 0. The summed E-state index contributed by atoms with van der Waals surface area (Å²) in [7, 11) is 2.26. The van der Waals surface area contributed by atoms with Gasteiger partial charge in [0.2, 0.25) is 0 Å². The normalized spacial score (nSPS) is 30.6. The Kier molecular flexibility index (Phi) is 4.00. The van der Waals surface area contributed by atoms with Crippen LogP contribution in [0.4, 0.5) is 0 Å². The molecule has 1 saturated heterocycles. The third-order valence-corrected chi connectivity index (χ3v) is 3.58. The second-order valence-electron chi connectivity index (χ2n) is 6.39. The van der Waals surface area contributed by atoms with E-state index in [1.165, 1.54) is 32.4 Å². The SMILES string of the molecule is CC1CCN(C)CC1CCC(C)(C)C. The highest BCUT2D eigenvalue weighted by Gasteiger charge is 2.25. The van der Waals surface area contributed by atoms with Crippen molar-refractivity contribution in [2.24, 2.45) is 17.3 Å². The third-order valence-electron chi connectivity index (χ3n) is 3.58. The van der Waals surface area contributed by atoms with Gasteiger partial charge in [-0.15, -0.1) is 0 Å². The summed E-state index contributed by atoms with van der Waals surface area (Å²) in [6.45, 7) is 12.1. The van der Waals surface area contributed by atoms with Crippen LogP contribution in [-0.2, 0) is 0 Å². The zero-order chi connectivity index (χ0) is 10.8. The van der Waals surface area contributed by atoms with E-state index in [1.807, 2.05) is 0 Å². The van der Waals surface area contributed by atoms with E-state index in [4.69, 9.17) is 0 Å². The molecule has 2 unspecified atom stereocenters. The summed E-state index contributed by atoms with van der Waals surface area (Å²) in [4.78, 5) is 2.49. The Balaban J connectivity index is 2.35. The predicted octanol–water partition coefficient (Wildman–Crippen LogP) is 3.40. The predicted molar refractivity (Wildman–Crippen MR) is 63.5 cm³/mol. The van der Waals surface area contributed by atoms with Crippen LogP contribution >= 0.6 is 0 Å². The molecule has 0 spiro atoms. The quantitative estimate of drug-likeness (QED) is 0.656. The van der Waals surface area contributed by atoms with Crippen molar-refractivity contribution in [3.05, 3.63) is 0 Å². The molecule has 84 valence electrons. The molecule has 1 aliphatic heterocycles. The van der Waals surface area contributed by atoms with Crippen molar-refractivity contribution >= 4 is 0 Å². The van der Waals surface area contributed by atoms with E-state index in [-0.39, 0.29) is 0 Å². The van der Waals surface area contributed by atoms with Crippen LogP contribution in [0, 0.1) is 17.3 Å². The Morgan fingerprint density at radius 3 is 2.50 bits per heavy atom. The molecular formula is C13H27N. The second-order valence-corrected chi connectivity index (χ2v) is 6.39. The minimum atomic E-state index is 0.510. The Morgan fingerprint density at radius 1 is 1.29 bits per heavy atom. The largest absolute Gasteiger partial charge is 0.306 e. The molecule has 2 atom stereocenters. The van der Waals surface area contributed by atoms with Gasteiger partial charge in [-0.2, -0.15) is 0 Å². The van der Waals surface area contributed by atoms with Crippen molar-refractivity contribution in [3.63, 3.8) is 0 Å². The Bertz CT molecular complexity index is 169. The zero-order valence-corrected chi connectivity index (χ0v) is 10.6. The molecule has 0 aliphatic carbocycles. The lowest BCUT2D eigenvalue weighted by atomic mass is 9.79. The molecule has 0 N–H and O–H groups in total. The van der Waals surface area contributed by atoms with Gasteiger partial charge in [0.25, 0.3) is 0 Å². The highest BCUT2D eigenvalue weighted by molar-refractivity contribution is 4.78. The van der Waals surface area contributed by atoms with Crippen molar-refractivity contribution in [2.75, 3.05) is 20.1 Å². The first-order valence-corrected chi connectivity index (χ1v) is 6.07. The topological polar surface area (TPSA) is 3.24 Å². The van der Waals surface area contributed by atoms with Gasteiger partial charge in [0, 0.05) is 6.54 Å². The molecule has 0 bridgehead atoms. The van der Waals surface area contributed by atoms with Crippen LogP contribution in [-0.4, -0.2) is 25.0 Å². The van der Waals surface area contributed by atoms with Crippen LogP contribution in [0.1, 0.15) is 47.0 Å². The van der Waals surface area contributed by atoms with Gasteiger partial charge in [-0.25, -0.2) is 0 Å². The highest BCUT2D eigenvalue weighted by Crippen LogP contribution is 2.30. The van der Waals surface area contributed by atoms with E-state index in [2.05, 4.69) is 39.6 Å². The number of piperidine rings is 1. The number of rotatable bonds is 2. The molecule has 0 amide bonds. The first-order chi connectivity index (χ1) is 6.38. The van der Waals surface area contributed by atoms with Gasteiger partial charge in [0.1, 0.15) is 0 Å². The van der Waals surface area contributed by atoms with Crippen molar-refractivity contribution in [3.8, 4) is 0 Å². The molecule has 0 aromatic rings. The maximum absolute atomic E-state index is 2.49. The molecule has 1 heteroatoms. The van der Waals surface area contributed by atoms with E-state index in [0.717, 1.165) is 11.8 Å². The molecule has 1 fully saturated rings. The van der Waals surface area contributed by atoms with Gasteiger partial charge in [0.05, 0.1) is 0 Å². The van der Waals surface area contributed by atoms with E-state index >= 15 is 0 Å². The highest BCUT2D eigenvalue weighted by atomic mass is 15.1. The van der Waals surface area contributed by atoms with Crippen LogP contribution in [0.25, 0.3) is 0 Å². The summed E-state index contributed by atoms with van der Waals surface area (Å²) < 4.78 is 0. The fourth-order valence-electron chi connectivity index (χ4n) is 2.33. The maximum Gasteiger partial charge on any atom is 0.000917 e. The number of nitrogens with zero attached hydrogens (tertiary/aromatic N) is 1. The minimum Gasteiger partial charge on any atom is -0.306 e. The molecule has 1 aliphatic rings. The number of hydrogen-bond donors (Lipinski definition) is 0. The van der Waals surface area contributed by atoms with E-state index in [1.54, 1.807) is 0 Å². The Hall–Kier alpha value is -0.0400. The molecular weight excluding hydrogens is 170 g/mol. The van der Waals surface area contributed by atoms with Gasteiger partial charge < -0.3 is 4.90 Å². The third kappa shape index (κ3) is 4.00. The average molecular weight is 197 g/mol. The molecule has 0 saturated carbocycles. The number of likely N-dealkylation sites (tertiary alicyclic amines) is 1. The summed E-state index contributed by atoms with van der Waals surface area (Å²) in [6, 6.07) is 0. The molecule has 1 rings (SSSR count). The molecule has 0 aromatic heterocycles. The monoisotopic (exact) mass is 197 g/mol. The minimum absolute atomic E-state index is 0.510. The Labute approximate surface area is 89.9 Å². The average Bonchev–Trinajstić information content (AvgIpc) is 2.05. The zero-order valence-electron chi connectivity index (χ0n) is 10.6. The molecule has 0 radical (unpaired) electrons. The van der Waals surface area contributed by atoms with E-state index < -0.39 is 0 Å². The summed E-state index contributed by atoms with van der Waals surface area (Å²) in [5.41, 5.74) is 0.510. The van der Waals surface area contributed by atoms with Gasteiger partial charge in [0.15, 0.2) is 0 Å². The smallest absolute Gasteiger partial charge is 0.000917 e. The number of hydrogen-bond acceptors (Lipinski definition) is 1. The lowest BCUT2D eigenvalue weighted by Gasteiger charge is -2.36. The summed E-state index contributed by atoms with van der Waals surface area (Å²) in [5, 5.41) is 0. The fourth-order valence-corrected chi connectivity index (χ4v) is 2.33. The second kappa shape index (κ2) is 4.65. The fraction of sp³-hybridized carbons (Fsp3) is 1.00. The van der Waals surface area contributed by atoms with Crippen LogP contribution in [0.5, 0.6) is 0 Å². The summed E-state index contributed by atoms with van der Waals surface area (Å²) in [6.07, 6.45) is 4.18.